The van der Waals surface area contributed by atoms with Crippen LogP contribution in [0.4, 0.5) is 14.9 Å². The lowest BCUT2D eigenvalue weighted by Gasteiger charge is -2.30. The number of nitrogens with one attached hydrogen (secondary N) is 1. The fourth-order valence-electron chi connectivity index (χ4n) is 4.35. The van der Waals surface area contributed by atoms with Crippen molar-refractivity contribution in [1.29, 1.82) is 0 Å². The molecule has 1 N–H and O–H groups in total. The number of imide groups is 1. The van der Waals surface area contributed by atoms with Crippen LogP contribution >= 0.6 is 0 Å². The Morgan fingerprint density at radius 3 is 2.50 bits per heavy atom. The molecule has 0 radical (unpaired) electrons. The molecule has 0 aliphatic carbocycles. The van der Waals surface area contributed by atoms with Gasteiger partial charge in [0.25, 0.3) is 5.91 Å². The highest BCUT2D eigenvalue weighted by Gasteiger charge is 2.34. The summed E-state index contributed by atoms with van der Waals surface area (Å²) in [5.41, 5.74) is 1.40. The van der Waals surface area contributed by atoms with E-state index in [1.165, 1.54) is 21.9 Å². The normalized spacial score (nSPS) is 18.9. The first kappa shape index (κ1) is 25.3. The van der Waals surface area contributed by atoms with Gasteiger partial charge in [0, 0.05) is 32.1 Å². The van der Waals surface area contributed by atoms with Crippen molar-refractivity contribution in [3.8, 4) is 0 Å². The van der Waals surface area contributed by atoms with E-state index in [-0.39, 0.29) is 61.9 Å². The van der Waals surface area contributed by atoms with E-state index in [4.69, 9.17) is 4.74 Å². The summed E-state index contributed by atoms with van der Waals surface area (Å²) in [4.78, 5) is 55.3. The Morgan fingerprint density at radius 2 is 1.81 bits per heavy atom. The second-order valence-corrected chi connectivity index (χ2v) is 9.16. The number of urea groups is 1. The Labute approximate surface area is 208 Å². The average molecular weight is 497 g/mol. The molecular formula is C26H29FN4O5. The predicted octanol–water partition coefficient (Wildman–Crippen LogP) is 2.55. The van der Waals surface area contributed by atoms with E-state index in [0.717, 1.165) is 5.56 Å². The molecule has 5 amide bonds. The quantitative estimate of drug-likeness (QED) is 0.663. The standard InChI is InChI=1S/C26H29FN4O5/c1-17(2)31-14-20(36-16-18-7-9-19(27)10-8-18)13-29(15-24(31)33)25(34)21-5-3-4-6-22(21)30-12-11-23(32)28-26(30)35/h3-10,17,20H,11-16H2,1-2H3,(H,28,32,35)/t20-/m1/s1. The summed E-state index contributed by atoms with van der Waals surface area (Å²) >= 11 is 0. The number of hydrogen-bond acceptors (Lipinski definition) is 5. The van der Waals surface area contributed by atoms with E-state index in [1.54, 1.807) is 41.3 Å². The van der Waals surface area contributed by atoms with Crippen molar-refractivity contribution < 1.29 is 28.3 Å². The zero-order valence-electron chi connectivity index (χ0n) is 20.3. The maximum absolute atomic E-state index is 13.7. The number of benzene rings is 2. The molecule has 4 rings (SSSR count). The minimum atomic E-state index is -0.593. The van der Waals surface area contributed by atoms with Gasteiger partial charge >= 0.3 is 6.03 Å². The van der Waals surface area contributed by atoms with Gasteiger partial charge < -0.3 is 14.5 Å². The molecule has 0 bridgehead atoms. The summed E-state index contributed by atoms with van der Waals surface area (Å²) in [7, 11) is 0. The summed E-state index contributed by atoms with van der Waals surface area (Å²) in [6, 6.07) is 11.9. The Bertz CT molecular complexity index is 1150. The van der Waals surface area contributed by atoms with Gasteiger partial charge in [-0.25, -0.2) is 9.18 Å². The first-order chi connectivity index (χ1) is 17.2. The summed E-state index contributed by atoms with van der Waals surface area (Å²) in [6.45, 7) is 4.49. The monoisotopic (exact) mass is 496 g/mol. The summed E-state index contributed by atoms with van der Waals surface area (Å²) in [5.74, 6) is -1.32. The largest absolute Gasteiger partial charge is 0.370 e. The first-order valence-corrected chi connectivity index (χ1v) is 11.9. The maximum Gasteiger partial charge on any atom is 0.328 e. The molecule has 190 valence electrons. The molecule has 9 nitrogen and oxygen atoms in total. The molecule has 2 aliphatic heterocycles. The number of halogens is 1. The number of amides is 5. The van der Waals surface area contributed by atoms with Crippen LogP contribution in [0.15, 0.2) is 48.5 Å². The Kier molecular flexibility index (Phi) is 7.64. The highest BCUT2D eigenvalue weighted by Crippen LogP contribution is 2.25. The van der Waals surface area contributed by atoms with Crippen molar-refractivity contribution >= 4 is 29.4 Å². The predicted molar refractivity (Wildman–Crippen MR) is 130 cm³/mol. The van der Waals surface area contributed by atoms with Crippen LogP contribution in [-0.2, 0) is 20.9 Å². The Balaban J connectivity index is 1.57. The topological polar surface area (TPSA) is 99.3 Å². The van der Waals surface area contributed by atoms with Crippen LogP contribution in [0.2, 0.25) is 0 Å². The number of para-hydroxylation sites is 1. The number of carbonyl (C=O) groups is 4. The number of hydrogen-bond donors (Lipinski definition) is 1. The lowest BCUT2D eigenvalue weighted by molar-refractivity contribution is -0.133. The molecule has 2 aliphatic rings. The van der Waals surface area contributed by atoms with Crippen LogP contribution in [0.3, 0.4) is 0 Å². The second-order valence-electron chi connectivity index (χ2n) is 9.16. The van der Waals surface area contributed by atoms with Gasteiger partial charge in [-0.3, -0.25) is 24.6 Å². The van der Waals surface area contributed by atoms with Crippen molar-refractivity contribution in [2.24, 2.45) is 0 Å². The van der Waals surface area contributed by atoms with Gasteiger partial charge in [-0.2, -0.15) is 0 Å². The second kappa shape index (κ2) is 10.9. The molecule has 10 heteroatoms. The highest BCUT2D eigenvalue weighted by atomic mass is 19.1. The lowest BCUT2D eigenvalue weighted by Crippen LogP contribution is -2.50. The van der Waals surface area contributed by atoms with E-state index in [0.29, 0.717) is 12.2 Å². The lowest BCUT2D eigenvalue weighted by atomic mass is 10.1. The molecule has 0 unspecified atom stereocenters. The summed E-state index contributed by atoms with van der Waals surface area (Å²) in [6.07, 6.45) is -0.352. The van der Waals surface area contributed by atoms with Gasteiger partial charge in [0.1, 0.15) is 12.4 Å². The Morgan fingerprint density at radius 1 is 1.08 bits per heavy atom. The smallest absolute Gasteiger partial charge is 0.328 e. The van der Waals surface area contributed by atoms with Crippen LogP contribution in [0.25, 0.3) is 0 Å². The molecule has 0 saturated carbocycles. The van der Waals surface area contributed by atoms with Crippen molar-refractivity contribution in [2.45, 2.75) is 39.0 Å². The fourth-order valence-corrected chi connectivity index (χ4v) is 4.35. The number of rotatable bonds is 6. The highest BCUT2D eigenvalue weighted by molar-refractivity contribution is 6.10. The fraction of sp³-hybridized carbons (Fsp3) is 0.385. The average Bonchev–Trinajstić information content (AvgIpc) is 3.02. The third-order valence-corrected chi connectivity index (χ3v) is 6.26. The minimum Gasteiger partial charge on any atom is -0.370 e. The molecule has 2 heterocycles. The van der Waals surface area contributed by atoms with Crippen LogP contribution in [-0.4, -0.2) is 71.9 Å². The zero-order chi connectivity index (χ0) is 25.8. The van der Waals surface area contributed by atoms with Crippen molar-refractivity contribution in [3.63, 3.8) is 0 Å². The van der Waals surface area contributed by atoms with Gasteiger partial charge in [-0.15, -0.1) is 0 Å². The molecule has 2 aromatic rings. The zero-order valence-corrected chi connectivity index (χ0v) is 20.3. The molecular weight excluding hydrogens is 467 g/mol. The van der Waals surface area contributed by atoms with E-state index < -0.39 is 18.0 Å². The van der Waals surface area contributed by atoms with E-state index >= 15 is 0 Å². The van der Waals surface area contributed by atoms with Crippen LogP contribution < -0.4 is 10.2 Å². The molecule has 2 aromatic carbocycles. The molecule has 0 aromatic heterocycles. The number of carbonyl (C=O) groups excluding carboxylic acids is 4. The first-order valence-electron chi connectivity index (χ1n) is 11.9. The van der Waals surface area contributed by atoms with Gasteiger partial charge in [0.05, 0.1) is 24.0 Å². The van der Waals surface area contributed by atoms with Crippen LogP contribution in [0, 0.1) is 5.82 Å². The van der Waals surface area contributed by atoms with Gasteiger partial charge in [0.15, 0.2) is 0 Å². The van der Waals surface area contributed by atoms with E-state index in [2.05, 4.69) is 5.32 Å². The SMILES string of the molecule is CC(C)N1C[C@H](OCc2ccc(F)cc2)CN(C(=O)c2ccccc2N2CCC(=O)NC2=O)CC1=O. The minimum absolute atomic E-state index is 0.0913. The number of anilines is 1. The third-order valence-electron chi connectivity index (χ3n) is 6.26. The van der Waals surface area contributed by atoms with Crippen molar-refractivity contribution in [3.05, 3.63) is 65.5 Å². The molecule has 1 atom stereocenters. The summed E-state index contributed by atoms with van der Waals surface area (Å²) in [5, 5.41) is 2.27. The van der Waals surface area contributed by atoms with E-state index in [9.17, 15) is 23.6 Å². The van der Waals surface area contributed by atoms with Gasteiger partial charge in [0.2, 0.25) is 11.8 Å². The number of nitrogens with zero attached hydrogens (tertiary/aromatic N) is 3. The molecule has 2 saturated heterocycles. The van der Waals surface area contributed by atoms with Crippen molar-refractivity contribution in [1.82, 2.24) is 15.1 Å². The molecule has 36 heavy (non-hydrogen) atoms. The van der Waals surface area contributed by atoms with Gasteiger partial charge in [-0.1, -0.05) is 24.3 Å². The molecule has 2 fully saturated rings. The van der Waals surface area contributed by atoms with Crippen LogP contribution in [0.5, 0.6) is 0 Å². The molecule has 0 spiro atoms. The Hall–Kier alpha value is -3.79. The van der Waals surface area contributed by atoms with Gasteiger partial charge in [-0.05, 0) is 43.7 Å². The number of ether oxygens (including phenoxy) is 1. The van der Waals surface area contributed by atoms with Crippen LogP contribution in [0.1, 0.15) is 36.2 Å². The van der Waals surface area contributed by atoms with Crippen molar-refractivity contribution in [2.75, 3.05) is 31.1 Å². The van der Waals surface area contributed by atoms with E-state index in [1.807, 2.05) is 13.8 Å². The summed E-state index contributed by atoms with van der Waals surface area (Å²) < 4.78 is 19.3. The third kappa shape index (κ3) is 5.71. The maximum atomic E-state index is 13.7.